The standard InChI is InChI=1S/C18H31N5O2/c1-3-4-8-23-15(2)17(13-19-23)20-18(24)22-7-5-6-16(22)14-21-9-11-25-12-10-21/h13,16H,3-12,14H2,1-2H3,(H,20,24). The molecule has 25 heavy (non-hydrogen) atoms. The third-order valence-corrected chi connectivity index (χ3v) is 5.28. The topological polar surface area (TPSA) is 62.6 Å². The fraction of sp³-hybridized carbons (Fsp3) is 0.778. The van der Waals surface area contributed by atoms with Gasteiger partial charge in [-0.05, 0) is 26.2 Å². The molecule has 1 unspecified atom stereocenters. The normalized spacial score (nSPS) is 21.7. The number of carbonyl (C=O) groups is 1. The zero-order valence-corrected chi connectivity index (χ0v) is 15.5. The highest BCUT2D eigenvalue weighted by Crippen LogP contribution is 2.21. The van der Waals surface area contributed by atoms with Gasteiger partial charge in [0.25, 0.3) is 0 Å². The number of likely N-dealkylation sites (tertiary alicyclic amines) is 1. The van der Waals surface area contributed by atoms with Gasteiger partial charge >= 0.3 is 6.03 Å². The third-order valence-electron chi connectivity index (χ3n) is 5.28. The van der Waals surface area contributed by atoms with E-state index in [0.29, 0.717) is 6.04 Å². The van der Waals surface area contributed by atoms with Crippen LogP contribution in [0, 0.1) is 6.92 Å². The molecule has 2 aliphatic heterocycles. The largest absolute Gasteiger partial charge is 0.379 e. The molecule has 0 aliphatic carbocycles. The number of ether oxygens (including phenoxy) is 1. The first-order valence-corrected chi connectivity index (χ1v) is 9.59. The van der Waals surface area contributed by atoms with Gasteiger partial charge < -0.3 is 15.0 Å². The van der Waals surface area contributed by atoms with Gasteiger partial charge in [0.15, 0.2) is 0 Å². The monoisotopic (exact) mass is 349 g/mol. The number of morpholine rings is 1. The number of unbranched alkanes of at least 4 members (excludes halogenated alkanes) is 1. The SMILES string of the molecule is CCCCn1ncc(NC(=O)N2CCCC2CN2CCOCC2)c1C. The minimum atomic E-state index is 0.00824. The quantitative estimate of drug-likeness (QED) is 0.856. The Bertz CT molecular complexity index is 568. The van der Waals surface area contributed by atoms with Gasteiger partial charge in [0.2, 0.25) is 0 Å². The van der Waals surface area contributed by atoms with Crippen molar-refractivity contribution in [1.82, 2.24) is 19.6 Å². The van der Waals surface area contributed by atoms with E-state index in [4.69, 9.17) is 4.74 Å². The third kappa shape index (κ3) is 4.52. The van der Waals surface area contributed by atoms with Gasteiger partial charge in [-0.3, -0.25) is 9.58 Å². The van der Waals surface area contributed by atoms with Crippen molar-refractivity contribution < 1.29 is 9.53 Å². The Morgan fingerprint density at radius 2 is 2.16 bits per heavy atom. The summed E-state index contributed by atoms with van der Waals surface area (Å²) < 4.78 is 7.40. The molecule has 2 aliphatic rings. The lowest BCUT2D eigenvalue weighted by Gasteiger charge is -2.32. The molecule has 0 saturated carbocycles. The van der Waals surface area contributed by atoms with Crippen molar-refractivity contribution in [2.75, 3.05) is 44.7 Å². The van der Waals surface area contributed by atoms with Crippen LogP contribution in [-0.2, 0) is 11.3 Å². The first-order chi connectivity index (χ1) is 12.2. The summed E-state index contributed by atoms with van der Waals surface area (Å²) in [6.45, 7) is 10.4. The number of aromatic nitrogens is 2. The molecule has 0 aromatic carbocycles. The summed E-state index contributed by atoms with van der Waals surface area (Å²) in [7, 11) is 0. The number of aryl methyl sites for hydroxylation is 1. The number of nitrogens with one attached hydrogen (secondary N) is 1. The van der Waals surface area contributed by atoms with E-state index >= 15 is 0 Å². The molecule has 140 valence electrons. The van der Waals surface area contributed by atoms with Gasteiger partial charge in [0, 0.05) is 38.8 Å². The molecule has 0 radical (unpaired) electrons. The minimum Gasteiger partial charge on any atom is -0.379 e. The second-order valence-electron chi connectivity index (χ2n) is 7.05. The van der Waals surface area contributed by atoms with Gasteiger partial charge in [0.1, 0.15) is 0 Å². The fourth-order valence-corrected chi connectivity index (χ4v) is 3.66. The van der Waals surface area contributed by atoms with Gasteiger partial charge in [-0.2, -0.15) is 5.10 Å². The van der Waals surface area contributed by atoms with E-state index in [0.717, 1.165) is 83.0 Å². The molecule has 7 heteroatoms. The molecule has 1 atom stereocenters. The number of hydrogen-bond acceptors (Lipinski definition) is 4. The van der Waals surface area contributed by atoms with Crippen LogP contribution in [0.3, 0.4) is 0 Å². The Morgan fingerprint density at radius 1 is 1.36 bits per heavy atom. The summed E-state index contributed by atoms with van der Waals surface area (Å²) in [6.07, 6.45) is 6.17. The Balaban J connectivity index is 1.57. The Kier molecular flexibility index (Phi) is 6.31. The van der Waals surface area contributed by atoms with Gasteiger partial charge in [0.05, 0.1) is 30.8 Å². The molecular weight excluding hydrogens is 318 g/mol. The predicted octanol–water partition coefficient (Wildman–Crippen LogP) is 2.32. The van der Waals surface area contributed by atoms with E-state index < -0.39 is 0 Å². The van der Waals surface area contributed by atoms with Crippen LogP contribution in [0.1, 0.15) is 38.3 Å². The fourth-order valence-electron chi connectivity index (χ4n) is 3.66. The Morgan fingerprint density at radius 3 is 2.92 bits per heavy atom. The molecule has 2 amide bonds. The van der Waals surface area contributed by atoms with Crippen molar-refractivity contribution >= 4 is 11.7 Å². The van der Waals surface area contributed by atoms with E-state index in [1.165, 1.54) is 0 Å². The van der Waals surface area contributed by atoms with E-state index in [1.807, 2.05) is 16.5 Å². The number of rotatable bonds is 6. The number of amides is 2. The van der Waals surface area contributed by atoms with Crippen LogP contribution in [-0.4, -0.2) is 71.0 Å². The molecule has 3 rings (SSSR count). The van der Waals surface area contributed by atoms with Crippen molar-refractivity contribution in [2.24, 2.45) is 0 Å². The van der Waals surface area contributed by atoms with E-state index in [2.05, 4.69) is 22.2 Å². The molecule has 2 saturated heterocycles. The van der Waals surface area contributed by atoms with Crippen molar-refractivity contribution in [3.63, 3.8) is 0 Å². The number of hydrogen-bond donors (Lipinski definition) is 1. The first kappa shape index (κ1) is 18.2. The van der Waals surface area contributed by atoms with Crippen LogP contribution >= 0.6 is 0 Å². The number of carbonyl (C=O) groups excluding carboxylic acids is 1. The average molecular weight is 349 g/mol. The van der Waals surface area contributed by atoms with E-state index in [1.54, 1.807) is 6.20 Å². The second-order valence-corrected chi connectivity index (χ2v) is 7.05. The second kappa shape index (κ2) is 8.67. The van der Waals surface area contributed by atoms with Crippen molar-refractivity contribution in [3.8, 4) is 0 Å². The molecule has 1 N–H and O–H groups in total. The van der Waals surface area contributed by atoms with Crippen molar-refractivity contribution in [3.05, 3.63) is 11.9 Å². The molecule has 0 spiro atoms. The highest BCUT2D eigenvalue weighted by Gasteiger charge is 2.31. The maximum atomic E-state index is 12.8. The summed E-state index contributed by atoms with van der Waals surface area (Å²) in [5.74, 6) is 0. The lowest BCUT2D eigenvalue weighted by atomic mass is 10.2. The zero-order chi connectivity index (χ0) is 17.6. The number of urea groups is 1. The Labute approximate surface area is 150 Å². The average Bonchev–Trinajstić information content (AvgIpc) is 3.22. The summed E-state index contributed by atoms with van der Waals surface area (Å²) in [5.41, 5.74) is 1.86. The van der Waals surface area contributed by atoms with Crippen LogP contribution in [0.2, 0.25) is 0 Å². The minimum absolute atomic E-state index is 0.00824. The van der Waals surface area contributed by atoms with Gasteiger partial charge in [-0.25, -0.2) is 4.79 Å². The summed E-state index contributed by atoms with van der Waals surface area (Å²) in [4.78, 5) is 17.2. The molecule has 0 bridgehead atoms. The lowest BCUT2D eigenvalue weighted by molar-refractivity contribution is 0.0296. The van der Waals surface area contributed by atoms with Crippen LogP contribution < -0.4 is 5.32 Å². The lowest BCUT2D eigenvalue weighted by Crippen LogP contribution is -2.47. The van der Waals surface area contributed by atoms with Crippen LogP contribution in [0.4, 0.5) is 10.5 Å². The summed E-state index contributed by atoms with van der Waals surface area (Å²) >= 11 is 0. The van der Waals surface area contributed by atoms with E-state index in [-0.39, 0.29) is 6.03 Å². The summed E-state index contributed by atoms with van der Waals surface area (Å²) in [6, 6.07) is 0.308. The number of nitrogens with zero attached hydrogens (tertiary/aromatic N) is 4. The molecule has 7 nitrogen and oxygen atoms in total. The molecule has 1 aromatic heterocycles. The van der Waals surface area contributed by atoms with Crippen LogP contribution in [0.15, 0.2) is 6.20 Å². The molecule has 1 aromatic rings. The van der Waals surface area contributed by atoms with Gasteiger partial charge in [-0.1, -0.05) is 13.3 Å². The molecule has 2 fully saturated rings. The maximum absolute atomic E-state index is 12.8. The number of anilines is 1. The smallest absolute Gasteiger partial charge is 0.322 e. The first-order valence-electron chi connectivity index (χ1n) is 9.59. The summed E-state index contributed by atoms with van der Waals surface area (Å²) in [5, 5.41) is 7.48. The van der Waals surface area contributed by atoms with E-state index in [9.17, 15) is 4.79 Å². The molecule has 3 heterocycles. The van der Waals surface area contributed by atoms with Crippen molar-refractivity contribution in [2.45, 2.75) is 52.1 Å². The van der Waals surface area contributed by atoms with Gasteiger partial charge in [-0.15, -0.1) is 0 Å². The zero-order valence-electron chi connectivity index (χ0n) is 15.5. The highest BCUT2D eigenvalue weighted by molar-refractivity contribution is 5.90. The van der Waals surface area contributed by atoms with Crippen LogP contribution in [0.25, 0.3) is 0 Å². The maximum Gasteiger partial charge on any atom is 0.322 e. The van der Waals surface area contributed by atoms with Crippen molar-refractivity contribution in [1.29, 1.82) is 0 Å². The van der Waals surface area contributed by atoms with Crippen LogP contribution in [0.5, 0.6) is 0 Å². The predicted molar refractivity (Wildman–Crippen MR) is 97.9 cm³/mol. The highest BCUT2D eigenvalue weighted by atomic mass is 16.5. The molecular formula is C18H31N5O2. The Hall–Kier alpha value is -1.60.